The van der Waals surface area contributed by atoms with Crippen LogP contribution in [0.5, 0.6) is 0 Å². The average Bonchev–Trinajstić information content (AvgIpc) is 3.20. The molecule has 1 heterocycles. The average molecular weight is 571 g/mol. The zero-order valence-corrected chi connectivity index (χ0v) is 25.6. The molecule has 214 valence electrons. The van der Waals surface area contributed by atoms with Gasteiger partial charge in [0.15, 0.2) is 0 Å². The van der Waals surface area contributed by atoms with Gasteiger partial charge in [0, 0.05) is 17.0 Å². The van der Waals surface area contributed by atoms with Crippen LogP contribution in [-0.4, -0.2) is 31.7 Å². The zero-order valence-electron chi connectivity index (χ0n) is 24.8. The maximum Gasteiger partial charge on any atom is 0.264 e. The first-order valence-corrected chi connectivity index (χ1v) is 15.1. The number of rotatable bonds is 9. The Labute approximate surface area is 243 Å². The molecule has 0 saturated carbocycles. The van der Waals surface area contributed by atoms with E-state index in [4.69, 9.17) is 0 Å². The van der Waals surface area contributed by atoms with Gasteiger partial charge in [0.1, 0.15) is 6.54 Å². The van der Waals surface area contributed by atoms with Crippen molar-refractivity contribution in [2.45, 2.75) is 59.3 Å². The fourth-order valence-corrected chi connectivity index (χ4v) is 6.36. The molecule has 3 aromatic carbocycles. The molecule has 0 fully saturated rings. The van der Waals surface area contributed by atoms with E-state index in [2.05, 4.69) is 54.9 Å². The van der Waals surface area contributed by atoms with Crippen molar-refractivity contribution in [2.75, 3.05) is 10.8 Å². The Morgan fingerprint density at radius 3 is 2.12 bits per heavy atom. The number of carbonyl (C=O) groups is 1. The molecule has 0 aliphatic heterocycles. The number of aromatic nitrogens is 1. The molecule has 0 saturated heterocycles. The quantitative estimate of drug-likeness (QED) is 0.184. The lowest BCUT2D eigenvalue weighted by Crippen LogP contribution is -2.39. The van der Waals surface area contributed by atoms with Crippen molar-refractivity contribution < 1.29 is 13.2 Å². The van der Waals surface area contributed by atoms with Crippen LogP contribution in [0.3, 0.4) is 0 Å². The molecular weight excluding hydrogens is 532 g/mol. The molecule has 0 atom stereocenters. The summed E-state index contributed by atoms with van der Waals surface area (Å²) in [6, 6.07) is 22.1. The van der Waals surface area contributed by atoms with Crippen molar-refractivity contribution in [3.8, 4) is 5.69 Å². The van der Waals surface area contributed by atoms with E-state index in [9.17, 15) is 13.2 Å². The van der Waals surface area contributed by atoms with Gasteiger partial charge in [0.05, 0.1) is 22.5 Å². The van der Waals surface area contributed by atoms with Crippen LogP contribution in [0.15, 0.2) is 82.8 Å². The van der Waals surface area contributed by atoms with E-state index in [0.717, 1.165) is 38.1 Å². The number of hydrogen-bond acceptors (Lipinski definition) is 4. The third-order valence-electron chi connectivity index (χ3n) is 7.27. The number of anilines is 1. The maximum atomic E-state index is 13.7. The van der Waals surface area contributed by atoms with Crippen LogP contribution in [0, 0.1) is 34.6 Å². The number of aryl methyl sites for hydroxylation is 4. The predicted octanol–water partition coefficient (Wildman–Crippen LogP) is 6.49. The Hall–Kier alpha value is -4.17. The minimum absolute atomic E-state index is 0.117. The summed E-state index contributed by atoms with van der Waals surface area (Å²) in [5, 5.41) is 4.19. The fraction of sp³-hybridized carbons (Fsp3) is 0.273. The van der Waals surface area contributed by atoms with E-state index in [1.165, 1.54) is 11.1 Å². The van der Waals surface area contributed by atoms with E-state index in [-0.39, 0.29) is 4.90 Å². The van der Waals surface area contributed by atoms with Gasteiger partial charge in [-0.25, -0.2) is 13.8 Å². The van der Waals surface area contributed by atoms with Gasteiger partial charge >= 0.3 is 0 Å². The number of nitrogens with one attached hydrogen (secondary N) is 1. The molecule has 7 nitrogen and oxygen atoms in total. The molecule has 1 amide bonds. The molecule has 0 aliphatic carbocycles. The van der Waals surface area contributed by atoms with Crippen LogP contribution in [-0.2, 0) is 14.8 Å². The third kappa shape index (κ3) is 6.43. The SMILES string of the molecule is Cc1ccc(S(=O)(=O)N(CC(=O)N/N=C\c2cc(C)n(-c3c(C)cccc3C)c2C)c2ccc(C(C)C)cc2)cc1. The summed E-state index contributed by atoms with van der Waals surface area (Å²) in [7, 11) is -4.01. The second-order valence-corrected chi connectivity index (χ2v) is 12.6. The number of sulfonamides is 1. The minimum atomic E-state index is -4.01. The monoisotopic (exact) mass is 570 g/mol. The predicted molar refractivity (Wildman–Crippen MR) is 167 cm³/mol. The van der Waals surface area contributed by atoms with E-state index < -0.39 is 22.5 Å². The third-order valence-corrected chi connectivity index (χ3v) is 9.06. The fourth-order valence-electron chi connectivity index (χ4n) is 4.94. The molecule has 8 heteroatoms. The van der Waals surface area contributed by atoms with E-state index in [0.29, 0.717) is 11.6 Å². The highest BCUT2D eigenvalue weighted by Gasteiger charge is 2.27. The Balaban J connectivity index is 1.58. The van der Waals surface area contributed by atoms with Crippen LogP contribution in [0.4, 0.5) is 5.69 Å². The van der Waals surface area contributed by atoms with Gasteiger partial charge < -0.3 is 4.57 Å². The van der Waals surface area contributed by atoms with Crippen LogP contribution in [0.2, 0.25) is 0 Å². The van der Waals surface area contributed by atoms with Gasteiger partial charge in [0.25, 0.3) is 15.9 Å². The first kappa shape index (κ1) is 29.8. The highest BCUT2D eigenvalue weighted by atomic mass is 32.2. The topological polar surface area (TPSA) is 83.8 Å². The molecule has 0 spiro atoms. The summed E-state index contributed by atoms with van der Waals surface area (Å²) in [4.78, 5) is 13.2. The number of benzene rings is 3. The van der Waals surface area contributed by atoms with Crippen molar-refractivity contribution in [2.24, 2.45) is 5.10 Å². The summed E-state index contributed by atoms with van der Waals surface area (Å²) < 4.78 is 30.7. The number of hydrogen-bond donors (Lipinski definition) is 1. The first-order chi connectivity index (χ1) is 19.4. The van der Waals surface area contributed by atoms with Crippen LogP contribution < -0.4 is 9.73 Å². The molecule has 0 unspecified atom stereocenters. The molecule has 0 aliphatic rings. The van der Waals surface area contributed by atoms with Crippen molar-refractivity contribution in [3.05, 3.63) is 112 Å². The molecule has 1 aromatic heterocycles. The Morgan fingerprint density at radius 1 is 0.927 bits per heavy atom. The van der Waals surface area contributed by atoms with E-state index in [1.54, 1.807) is 42.6 Å². The highest BCUT2D eigenvalue weighted by molar-refractivity contribution is 7.92. The van der Waals surface area contributed by atoms with Gasteiger partial charge in [-0.15, -0.1) is 0 Å². The number of hydrazone groups is 1. The standard InChI is InChI=1S/C33H38N4O3S/c1-22(2)28-13-15-30(16-14-28)36(41(39,40)31-17-11-23(3)12-18-31)21-32(38)35-34-20-29-19-26(6)37(27(29)7)33-24(4)9-8-10-25(33)5/h8-20,22H,21H2,1-7H3,(H,35,38)/b34-20-. The number of carbonyl (C=O) groups excluding carboxylic acids is 1. The molecule has 4 aromatic rings. The molecule has 41 heavy (non-hydrogen) atoms. The van der Waals surface area contributed by atoms with Crippen LogP contribution in [0.25, 0.3) is 5.69 Å². The number of amides is 1. The van der Waals surface area contributed by atoms with E-state index >= 15 is 0 Å². The summed E-state index contributed by atoms with van der Waals surface area (Å²) in [5.41, 5.74) is 11.3. The lowest BCUT2D eigenvalue weighted by Gasteiger charge is -2.24. The van der Waals surface area contributed by atoms with Gasteiger partial charge in [-0.2, -0.15) is 5.10 Å². The summed E-state index contributed by atoms with van der Waals surface area (Å²) in [6.07, 6.45) is 1.60. The molecular formula is C33H38N4O3S. The summed E-state index contributed by atoms with van der Waals surface area (Å²) >= 11 is 0. The van der Waals surface area contributed by atoms with Crippen molar-refractivity contribution in [3.63, 3.8) is 0 Å². The summed E-state index contributed by atoms with van der Waals surface area (Å²) in [5.74, 6) is -0.256. The van der Waals surface area contributed by atoms with E-state index in [1.807, 2.05) is 45.0 Å². The largest absolute Gasteiger partial charge is 0.317 e. The molecule has 1 N–H and O–H groups in total. The molecule has 0 radical (unpaired) electrons. The van der Waals surface area contributed by atoms with Gasteiger partial charge in [-0.3, -0.25) is 9.10 Å². The summed E-state index contributed by atoms with van der Waals surface area (Å²) in [6.45, 7) is 13.8. The Bertz CT molecular complexity index is 1660. The number of para-hydroxylation sites is 1. The second-order valence-electron chi connectivity index (χ2n) is 10.8. The van der Waals surface area contributed by atoms with Crippen molar-refractivity contribution in [1.82, 2.24) is 9.99 Å². The molecule has 0 bridgehead atoms. The Kier molecular flexibility index (Phi) is 8.83. The lowest BCUT2D eigenvalue weighted by atomic mass is 10.0. The Morgan fingerprint density at radius 2 is 1.54 bits per heavy atom. The van der Waals surface area contributed by atoms with Crippen LogP contribution >= 0.6 is 0 Å². The minimum Gasteiger partial charge on any atom is -0.317 e. The van der Waals surface area contributed by atoms with Gasteiger partial charge in [-0.1, -0.05) is 61.9 Å². The van der Waals surface area contributed by atoms with Gasteiger partial charge in [0.2, 0.25) is 0 Å². The van der Waals surface area contributed by atoms with Crippen molar-refractivity contribution >= 4 is 27.8 Å². The second kappa shape index (κ2) is 12.1. The highest BCUT2D eigenvalue weighted by Crippen LogP contribution is 2.27. The smallest absolute Gasteiger partial charge is 0.264 e. The maximum absolute atomic E-state index is 13.7. The van der Waals surface area contributed by atoms with Gasteiger partial charge in [-0.05, 0) is 87.6 Å². The normalized spacial score (nSPS) is 11.8. The number of nitrogens with zero attached hydrogens (tertiary/aromatic N) is 3. The zero-order chi connectivity index (χ0) is 29.9. The molecule has 4 rings (SSSR count). The van der Waals surface area contributed by atoms with Crippen molar-refractivity contribution in [1.29, 1.82) is 0 Å². The lowest BCUT2D eigenvalue weighted by molar-refractivity contribution is -0.119. The van der Waals surface area contributed by atoms with Crippen LogP contribution in [0.1, 0.15) is 59.0 Å². The first-order valence-electron chi connectivity index (χ1n) is 13.7.